The van der Waals surface area contributed by atoms with Gasteiger partial charge < -0.3 is 4.57 Å². The van der Waals surface area contributed by atoms with Crippen molar-refractivity contribution in [2.24, 2.45) is 0 Å². The predicted octanol–water partition coefficient (Wildman–Crippen LogP) is 4.68. The van der Waals surface area contributed by atoms with Crippen molar-refractivity contribution in [3.8, 4) is 11.4 Å². The standard InChI is InChI=1S/C21H24N4OS/c1-4-14-25-20(18-10-12-22-13-11-18)23-24-21(25)27-15(3)19(26)17-8-6-16(5-2)7-9-17/h6-13,15H,4-5,14H2,1-3H3. The lowest BCUT2D eigenvalue weighted by Crippen LogP contribution is -2.15. The van der Waals surface area contributed by atoms with Gasteiger partial charge >= 0.3 is 0 Å². The van der Waals surface area contributed by atoms with Gasteiger partial charge in [0.1, 0.15) is 0 Å². The molecule has 2 aromatic heterocycles. The summed E-state index contributed by atoms with van der Waals surface area (Å²) in [6.45, 7) is 6.96. The number of Topliss-reactive ketones (excluding diaryl/α,β-unsaturated/α-hetero) is 1. The lowest BCUT2D eigenvalue weighted by atomic mass is 10.1. The molecule has 140 valence electrons. The van der Waals surface area contributed by atoms with Crippen LogP contribution in [0.5, 0.6) is 0 Å². The van der Waals surface area contributed by atoms with Crippen molar-refractivity contribution in [1.29, 1.82) is 0 Å². The first kappa shape index (κ1) is 19.3. The fourth-order valence-electron chi connectivity index (χ4n) is 2.87. The van der Waals surface area contributed by atoms with Crippen LogP contribution < -0.4 is 0 Å². The average molecular weight is 381 g/mol. The van der Waals surface area contributed by atoms with Gasteiger partial charge in [0.25, 0.3) is 0 Å². The maximum absolute atomic E-state index is 12.8. The topological polar surface area (TPSA) is 60.7 Å². The molecule has 0 aliphatic heterocycles. The van der Waals surface area contributed by atoms with E-state index >= 15 is 0 Å². The Bertz CT molecular complexity index is 890. The molecule has 2 heterocycles. The Kier molecular flexibility index (Phi) is 6.40. The SMILES string of the molecule is CCCn1c(SC(C)C(=O)c2ccc(CC)cc2)nnc1-c1ccncc1. The van der Waals surface area contributed by atoms with Crippen LogP contribution in [-0.4, -0.2) is 30.8 Å². The fraction of sp³-hybridized carbons (Fsp3) is 0.333. The highest BCUT2D eigenvalue weighted by Crippen LogP contribution is 2.28. The van der Waals surface area contributed by atoms with E-state index in [-0.39, 0.29) is 11.0 Å². The minimum atomic E-state index is -0.234. The number of aromatic nitrogens is 4. The van der Waals surface area contributed by atoms with Crippen LogP contribution in [0.2, 0.25) is 0 Å². The number of carbonyl (C=O) groups is 1. The van der Waals surface area contributed by atoms with E-state index in [0.29, 0.717) is 0 Å². The van der Waals surface area contributed by atoms with E-state index in [1.165, 1.54) is 17.3 Å². The molecule has 0 fully saturated rings. The third kappa shape index (κ3) is 4.45. The second-order valence-electron chi connectivity index (χ2n) is 6.37. The third-order valence-electron chi connectivity index (χ3n) is 4.40. The summed E-state index contributed by atoms with van der Waals surface area (Å²) in [6, 6.07) is 11.7. The Morgan fingerprint density at radius 3 is 2.41 bits per heavy atom. The number of hydrogen-bond donors (Lipinski definition) is 0. The number of rotatable bonds is 8. The van der Waals surface area contributed by atoms with Crippen LogP contribution in [0.25, 0.3) is 11.4 Å². The maximum atomic E-state index is 12.8. The molecule has 0 aliphatic carbocycles. The molecule has 0 radical (unpaired) electrons. The van der Waals surface area contributed by atoms with Crippen LogP contribution in [0.3, 0.4) is 0 Å². The van der Waals surface area contributed by atoms with E-state index in [2.05, 4.69) is 33.6 Å². The zero-order valence-corrected chi connectivity index (χ0v) is 16.7. The molecule has 1 atom stereocenters. The summed E-state index contributed by atoms with van der Waals surface area (Å²) in [5.41, 5.74) is 2.95. The number of thioether (sulfide) groups is 1. The normalized spacial score (nSPS) is 12.1. The number of hydrogen-bond acceptors (Lipinski definition) is 5. The minimum Gasteiger partial charge on any atom is -0.302 e. The molecule has 1 aromatic carbocycles. The summed E-state index contributed by atoms with van der Waals surface area (Å²) in [5.74, 6) is 0.924. The second-order valence-corrected chi connectivity index (χ2v) is 7.68. The Balaban J connectivity index is 1.81. The zero-order valence-electron chi connectivity index (χ0n) is 15.9. The molecule has 3 rings (SSSR count). The number of carbonyl (C=O) groups excluding carboxylic acids is 1. The molecule has 1 unspecified atom stereocenters. The monoisotopic (exact) mass is 380 g/mol. The molecule has 3 aromatic rings. The summed E-state index contributed by atoms with van der Waals surface area (Å²) in [6.07, 6.45) is 5.43. The van der Waals surface area contributed by atoms with E-state index in [1.807, 2.05) is 43.3 Å². The number of ketones is 1. The summed E-state index contributed by atoms with van der Waals surface area (Å²) in [4.78, 5) is 16.9. The van der Waals surface area contributed by atoms with Crippen LogP contribution >= 0.6 is 11.8 Å². The summed E-state index contributed by atoms with van der Waals surface area (Å²) in [5, 5.41) is 9.26. The molecule has 6 heteroatoms. The Morgan fingerprint density at radius 1 is 1.07 bits per heavy atom. The number of nitrogens with zero attached hydrogens (tertiary/aromatic N) is 4. The number of benzene rings is 1. The van der Waals surface area contributed by atoms with E-state index in [4.69, 9.17) is 0 Å². The van der Waals surface area contributed by atoms with Gasteiger partial charge in [-0.05, 0) is 37.5 Å². The van der Waals surface area contributed by atoms with Crippen molar-refractivity contribution >= 4 is 17.5 Å². The largest absolute Gasteiger partial charge is 0.302 e. The maximum Gasteiger partial charge on any atom is 0.192 e. The summed E-state index contributed by atoms with van der Waals surface area (Å²) in [7, 11) is 0. The smallest absolute Gasteiger partial charge is 0.192 e. The summed E-state index contributed by atoms with van der Waals surface area (Å²) >= 11 is 1.46. The van der Waals surface area contributed by atoms with Crippen molar-refractivity contribution in [2.45, 2.75) is 50.6 Å². The average Bonchev–Trinajstić information content (AvgIpc) is 3.10. The first-order chi connectivity index (χ1) is 13.1. The molecule has 0 saturated carbocycles. The zero-order chi connectivity index (χ0) is 19.2. The van der Waals surface area contributed by atoms with Gasteiger partial charge in [-0.1, -0.05) is 49.9 Å². The van der Waals surface area contributed by atoms with Crippen LogP contribution in [-0.2, 0) is 13.0 Å². The predicted molar refractivity (Wildman–Crippen MR) is 109 cm³/mol. The molecule has 0 spiro atoms. The van der Waals surface area contributed by atoms with Gasteiger partial charge in [-0.3, -0.25) is 9.78 Å². The Hall–Kier alpha value is -2.47. The van der Waals surface area contributed by atoms with Gasteiger partial charge in [-0.25, -0.2) is 0 Å². The van der Waals surface area contributed by atoms with Crippen molar-refractivity contribution in [3.05, 3.63) is 59.9 Å². The lowest BCUT2D eigenvalue weighted by molar-refractivity contribution is 0.0994. The van der Waals surface area contributed by atoms with Crippen molar-refractivity contribution in [2.75, 3.05) is 0 Å². The van der Waals surface area contributed by atoms with Gasteiger partial charge in [0.05, 0.1) is 5.25 Å². The highest BCUT2D eigenvalue weighted by molar-refractivity contribution is 8.00. The molecular formula is C21H24N4OS. The third-order valence-corrected chi connectivity index (χ3v) is 5.48. The van der Waals surface area contributed by atoms with E-state index in [1.54, 1.807) is 12.4 Å². The van der Waals surface area contributed by atoms with E-state index in [0.717, 1.165) is 41.5 Å². The lowest BCUT2D eigenvalue weighted by Gasteiger charge is -2.12. The minimum absolute atomic E-state index is 0.110. The van der Waals surface area contributed by atoms with Crippen molar-refractivity contribution in [3.63, 3.8) is 0 Å². The van der Waals surface area contributed by atoms with Crippen molar-refractivity contribution in [1.82, 2.24) is 19.7 Å². The van der Waals surface area contributed by atoms with E-state index in [9.17, 15) is 4.79 Å². The first-order valence-corrected chi connectivity index (χ1v) is 10.1. The van der Waals surface area contributed by atoms with Crippen LogP contribution in [0.1, 0.15) is 43.1 Å². The van der Waals surface area contributed by atoms with Gasteiger partial charge in [0, 0.05) is 30.1 Å². The molecular weight excluding hydrogens is 356 g/mol. The Morgan fingerprint density at radius 2 is 1.78 bits per heavy atom. The van der Waals surface area contributed by atoms with E-state index < -0.39 is 0 Å². The highest BCUT2D eigenvalue weighted by Gasteiger charge is 2.21. The first-order valence-electron chi connectivity index (χ1n) is 9.27. The quantitative estimate of drug-likeness (QED) is 0.420. The molecule has 0 amide bonds. The molecule has 0 N–H and O–H groups in total. The molecule has 0 saturated heterocycles. The van der Waals surface area contributed by atoms with Crippen molar-refractivity contribution < 1.29 is 4.79 Å². The molecule has 5 nitrogen and oxygen atoms in total. The highest BCUT2D eigenvalue weighted by atomic mass is 32.2. The van der Waals surface area contributed by atoms with Gasteiger partial charge in [-0.2, -0.15) is 0 Å². The fourth-order valence-corrected chi connectivity index (χ4v) is 3.82. The number of aryl methyl sites for hydroxylation is 1. The number of pyridine rings is 1. The molecule has 0 aliphatic rings. The van der Waals surface area contributed by atoms with Crippen LogP contribution in [0.15, 0.2) is 53.9 Å². The second kappa shape index (κ2) is 8.95. The Labute approximate surface area is 164 Å². The molecule has 0 bridgehead atoms. The molecule has 27 heavy (non-hydrogen) atoms. The summed E-state index contributed by atoms with van der Waals surface area (Å²) < 4.78 is 2.09. The van der Waals surface area contributed by atoms with Gasteiger partial charge in [-0.15, -0.1) is 10.2 Å². The van der Waals surface area contributed by atoms with Gasteiger partial charge in [0.2, 0.25) is 0 Å². The van der Waals surface area contributed by atoms with Crippen LogP contribution in [0, 0.1) is 0 Å². The van der Waals surface area contributed by atoms with Gasteiger partial charge in [0.15, 0.2) is 16.8 Å². The van der Waals surface area contributed by atoms with Crippen LogP contribution in [0.4, 0.5) is 0 Å².